The molecule has 0 aromatic carbocycles. The summed E-state index contributed by atoms with van der Waals surface area (Å²) in [4.78, 5) is 10.3. The van der Waals surface area contributed by atoms with Crippen molar-refractivity contribution in [2.24, 2.45) is 0 Å². The summed E-state index contributed by atoms with van der Waals surface area (Å²) in [5, 5.41) is 11.9. The number of rotatable bonds is 4. The number of likely N-dealkylation sites (N-methyl/N-ethyl adjacent to an activating group) is 1. The molecule has 5 heteroatoms. The number of nitriles is 1. The molecule has 0 unspecified atom stereocenters. The highest BCUT2D eigenvalue weighted by Crippen LogP contribution is 2.13. The summed E-state index contributed by atoms with van der Waals surface area (Å²) in [5.74, 6) is 0. The van der Waals surface area contributed by atoms with Gasteiger partial charge in [0.2, 0.25) is 0 Å². The topological polar surface area (TPSA) is 52.8 Å². The van der Waals surface area contributed by atoms with E-state index in [1.807, 2.05) is 30.8 Å². The second-order valence-electron chi connectivity index (χ2n) is 3.61. The van der Waals surface area contributed by atoms with Crippen LogP contribution >= 0.6 is 11.3 Å². The summed E-state index contributed by atoms with van der Waals surface area (Å²) in [5.41, 5.74) is 1.46. The third-order valence-electron chi connectivity index (χ3n) is 2.44. The van der Waals surface area contributed by atoms with E-state index in [0.717, 1.165) is 23.7 Å². The van der Waals surface area contributed by atoms with Crippen LogP contribution < -0.4 is 4.90 Å². The van der Waals surface area contributed by atoms with Gasteiger partial charge in [-0.05, 0) is 12.1 Å². The molecule has 86 valence electrons. The van der Waals surface area contributed by atoms with Crippen LogP contribution in [0.15, 0.2) is 29.9 Å². The third kappa shape index (κ3) is 3.02. The predicted octanol–water partition coefficient (Wildman–Crippen LogP) is 2.09. The Hall–Kier alpha value is -1.93. The summed E-state index contributed by atoms with van der Waals surface area (Å²) in [6.07, 6.45) is 4.40. The molecular weight excluding hydrogens is 232 g/mol. The van der Waals surface area contributed by atoms with E-state index >= 15 is 0 Å². The molecule has 4 nitrogen and oxygen atoms in total. The zero-order chi connectivity index (χ0) is 12.1. The molecule has 0 radical (unpaired) electrons. The molecular formula is C12H12N4S. The van der Waals surface area contributed by atoms with Gasteiger partial charge in [0.1, 0.15) is 11.8 Å². The smallest absolute Gasteiger partial charge is 0.142 e. The van der Waals surface area contributed by atoms with Gasteiger partial charge in [0.15, 0.2) is 0 Å². The predicted molar refractivity (Wildman–Crippen MR) is 68.0 cm³/mol. The number of nitrogens with zero attached hydrogens (tertiary/aromatic N) is 4. The van der Waals surface area contributed by atoms with E-state index in [-0.39, 0.29) is 0 Å². The van der Waals surface area contributed by atoms with Crippen molar-refractivity contribution in [3.05, 3.63) is 40.6 Å². The van der Waals surface area contributed by atoms with Crippen molar-refractivity contribution >= 4 is 17.0 Å². The van der Waals surface area contributed by atoms with Crippen molar-refractivity contribution in [3.63, 3.8) is 0 Å². The lowest BCUT2D eigenvalue weighted by Crippen LogP contribution is -2.20. The second kappa shape index (κ2) is 5.41. The number of pyridine rings is 1. The summed E-state index contributed by atoms with van der Waals surface area (Å²) >= 11 is 1.67. The minimum atomic E-state index is 0.448. The molecule has 2 rings (SSSR count). The first kappa shape index (κ1) is 11.6. The zero-order valence-corrected chi connectivity index (χ0v) is 10.3. The van der Waals surface area contributed by atoms with Gasteiger partial charge in [0.05, 0.1) is 5.01 Å². The molecule has 0 aliphatic heterocycles. The standard InChI is InChI=1S/C12H12N4S/c1-16(6-3-12-15-5-7-17-12)11-2-4-14-10(8-11)9-13/h2,4-5,7-8H,3,6H2,1H3. The molecule has 2 aromatic rings. The highest BCUT2D eigenvalue weighted by molar-refractivity contribution is 7.09. The van der Waals surface area contributed by atoms with Crippen molar-refractivity contribution in [3.8, 4) is 6.07 Å². The van der Waals surface area contributed by atoms with E-state index in [1.54, 1.807) is 23.6 Å². The van der Waals surface area contributed by atoms with E-state index in [9.17, 15) is 0 Å². The lowest BCUT2D eigenvalue weighted by molar-refractivity contribution is 0.868. The maximum absolute atomic E-state index is 8.78. The van der Waals surface area contributed by atoms with Gasteiger partial charge in [0.25, 0.3) is 0 Å². The Balaban J connectivity index is 1.99. The van der Waals surface area contributed by atoms with Gasteiger partial charge < -0.3 is 4.90 Å². The van der Waals surface area contributed by atoms with Crippen LogP contribution in [0.1, 0.15) is 10.7 Å². The van der Waals surface area contributed by atoms with E-state index in [0.29, 0.717) is 5.69 Å². The molecule has 17 heavy (non-hydrogen) atoms. The van der Waals surface area contributed by atoms with Crippen LogP contribution in [0.25, 0.3) is 0 Å². The number of hydrogen-bond donors (Lipinski definition) is 0. The SMILES string of the molecule is CN(CCc1nccs1)c1ccnc(C#N)c1. The van der Waals surface area contributed by atoms with Crippen molar-refractivity contribution in [2.75, 3.05) is 18.5 Å². The van der Waals surface area contributed by atoms with Gasteiger partial charge >= 0.3 is 0 Å². The fraction of sp³-hybridized carbons (Fsp3) is 0.250. The molecule has 0 bridgehead atoms. The number of aromatic nitrogens is 2. The van der Waals surface area contributed by atoms with Crippen LogP contribution in [0.5, 0.6) is 0 Å². The minimum Gasteiger partial charge on any atom is -0.374 e. The fourth-order valence-corrected chi connectivity index (χ4v) is 2.10. The molecule has 0 saturated carbocycles. The van der Waals surface area contributed by atoms with Gasteiger partial charge in [-0.3, -0.25) is 0 Å². The van der Waals surface area contributed by atoms with E-state index < -0.39 is 0 Å². The first-order chi connectivity index (χ1) is 8.29. The lowest BCUT2D eigenvalue weighted by atomic mass is 10.3. The quantitative estimate of drug-likeness (QED) is 0.826. The summed E-state index contributed by atoms with van der Waals surface area (Å²) in [6, 6.07) is 5.74. The molecule has 0 spiro atoms. The Morgan fingerprint density at radius 3 is 3.00 bits per heavy atom. The molecule has 0 fully saturated rings. The molecule has 0 aliphatic carbocycles. The van der Waals surface area contributed by atoms with Gasteiger partial charge in [-0.15, -0.1) is 11.3 Å². The Kier molecular flexibility index (Phi) is 3.68. The van der Waals surface area contributed by atoms with Gasteiger partial charge in [-0.25, -0.2) is 9.97 Å². The van der Waals surface area contributed by atoms with Crippen LogP contribution in [-0.4, -0.2) is 23.6 Å². The van der Waals surface area contributed by atoms with E-state index in [2.05, 4.69) is 14.9 Å². The van der Waals surface area contributed by atoms with Crippen molar-refractivity contribution in [1.82, 2.24) is 9.97 Å². The molecule has 0 aliphatic rings. The summed E-state index contributed by atoms with van der Waals surface area (Å²) in [6.45, 7) is 0.877. The number of hydrogen-bond acceptors (Lipinski definition) is 5. The van der Waals surface area contributed by atoms with Crippen LogP contribution in [0.3, 0.4) is 0 Å². The number of thiazole rings is 1. The fourth-order valence-electron chi connectivity index (χ4n) is 1.49. The maximum Gasteiger partial charge on any atom is 0.142 e. The Labute approximate surface area is 104 Å². The summed E-state index contributed by atoms with van der Waals surface area (Å²) < 4.78 is 0. The van der Waals surface area contributed by atoms with E-state index in [1.165, 1.54) is 0 Å². The normalized spacial score (nSPS) is 9.88. The van der Waals surface area contributed by atoms with Gasteiger partial charge in [-0.1, -0.05) is 0 Å². The van der Waals surface area contributed by atoms with Crippen molar-refractivity contribution < 1.29 is 0 Å². The maximum atomic E-state index is 8.78. The highest BCUT2D eigenvalue weighted by Gasteiger charge is 2.04. The lowest BCUT2D eigenvalue weighted by Gasteiger charge is -2.18. The van der Waals surface area contributed by atoms with Crippen LogP contribution in [-0.2, 0) is 6.42 Å². The van der Waals surface area contributed by atoms with Crippen molar-refractivity contribution in [2.45, 2.75) is 6.42 Å². The van der Waals surface area contributed by atoms with E-state index in [4.69, 9.17) is 5.26 Å². The Morgan fingerprint density at radius 1 is 1.41 bits per heavy atom. The Bertz CT molecular complexity index is 516. The monoisotopic (exact) mass is 244 g/mol. The molecule has 0 N–H and O–H groups in total. The average molecular weight is 244 g/mol. The molecule has 0 amide bonds. The molecule has 2 heterocycles. The average Bonchev–Trinajstić information content (AvgIpc) is 2.89. The van der Waals surface area contributed by atoms with Gasteiger partial charge in [-0.2, -0.15) is 5.26 Å². The molecule has 2 aromatic heterocycles. The van der Waals surface area contributed by atoms with Crippen molar-refractivity contribution in [1.29, 1.82) is 5.26 Å². The summed E-state index contributed by atoms with van der Waals surface area (Å²) in [7, 11) is 2.00. The first-order valence-electron chi connectivity index (χ1n) is 5.25. The van der Waals surface area contributed by atoms with Crippen LogP contribution in [0, 0.1) is 11.3 Å². The number of anilines is 1. The molecule has 0 atom stereocenters. The Morgan fingerprint density at radius 2 is 2.29 bits per heavy atom. The minimum absolute atomic E-state index is 0.448. The van der Waals surface area contributed by atoms with Crippen LogP contribution in [0.2, 0.25) is 0 Å². The molecule has 0 saturated heterocycles. The van der Waals surface area contributed by atoms with Gasteiger partial charge in [0, 0.05) is 43.5 Å². The largest absolute Gasteiger partial charge is 0.374 e. The highest BCUT2D eigenvalue weighted by atomic mass is 32.1. The zero-order valence-electron chi connectivity index (χ0n) is 9.50. The van der Waals surface area contributed by atoms with Crippen LogP contribution in [0.4, 0.5) is 5.69 Å². The third-order valence-corrected chi connectivity index (χ3v) is 3.28. The second-order valence-corrected chi connectivity index (χ2v) is 4.59. The first-order valence-corrected chi connectivity index (χ1v) is 6.13.